The molecule has 0 saturated heterocycles. The van der Waals surface area contributed by atoms with Gasteiger partial charge < -0.3 is 341 Å². The molecule has 8 aromatic carbocycles. The van der Waals surface area contributed by atoms with Crippen molar-refractivity contribution in [2.24, 2.45) is 0 Å². The first-order valence-electron chi connectivity index (χ1n) is 24.0. The molecular formula is C51H47Cl16Mg16O31P9. The van der Waals surface area contributed by atoms with Crippen LogP contribution in [0, 0.1) is 0 Å². The predicted octanol–water partition coefficient (Wildman–Crippen LogP) is -57.4. The summed E-state index contributed by atoms with van der Waals surface area (Å²) >= 11 is 0. The normalized spacial score (nSPS) is 8.48. The van der Waals surface area contributed by atoms with Gasteiger partial charge in [-0.25, -0.2) is 4.57 Å². The van der Waals surface area contributed by atoms with E-state index in [0.29, 0.717) is 28.8 Å². The molecule has 0 amide bonds. The van der Waals surface area contributed by atoms with E-state index in [-0.39, 0.29) is 601 Å². The molecule has 0 radical (unpaired) electrons. The summed E-state index contributed by atoms with van der Waals surface area (Å²) in [5, 5.41) is 1.08. The van der Waals surface area contributed by atoms with Crippen LogP contribution in [-0.2, 0) is 45.4 Å². The molecule has 0 fully saturated rings. The van der Waals surface area contributed by atoms with E-state index < -0.39 is 69.0 Å². The van der Waals surface area contributed by atoms with Gasteiger partial charge in [0.1, 0.15) is 36.6 Å². The van der Waals surface area contributed by atoms with E-state index in [0.717, 1.165) is 0 Å². The Balaban J connectivity index is -0.0000000253. The third kappa shape index (κ3) is 127. The van der Waals surface area contributed by atoms with Gasteiger partial charge in [0.15, 0.2) is 0 Å². The zero-order valence-corrected chi connectivity index (χ0v) is 107. The molecule has 0 atom stereocenters. The van der Waals surface area contributed by atoms with Gasteiger partial charge in [0.25, 0.3) is 0 Å². The van der Waals surface area contributed by atoms with Crippen LogP contribution in [0.2, 0.25) is 0 Å². The quantitative estimate of drug-likeness (QED) is 0.0679. The molecule has 0 aliphatic rings. The average molecular weight is 2390 g/mol. The van der Waals surface area contributed by atoms with Gasteiger partial charge in [0.05, 0.1) is 44.6 Å². The average Bonchev–Trinajstić information content (AvgIpc) is 0.810. The first-order valence-corrected chi connectivity index (χ1v) is 38.1. The Bertz CT molecular complexity index is 3750. The predicted molar refractivity (Wildman–Crippen MR) is 392 cm³/mol. The van der Waals surface area contributed by atoms with Crippen LogP contribution >= 0.6 is 69.0 Å². The van der Waals surface area contributed by atoms with Crippen molar-refractivity contribution in [2.45, 2.75) is 0 Å². The molecule has 0 unspecified atom stereocenters. The summed E-state index contributed by atoms with van der Waals surface area (Å²) < 4.78 is 119. The third-order valence-electron chi connectivity index (χ3n) is 9.17. The second-order valence-corrected chi connectivity index (χ2v) is 29.3. The maximum Gasteiger partial charge on any atom is 2.00 e. The second-order valence-electron chi connectivity index (χ2n) is 16.3. The van der Waals surface area contributed by atoms with E-state index >= 15 is 0 Å². The molecule has 0 aromatic heterocycles. The Morgan fingerprint density at radius 1 is 0.211 bits per heavy atom. The minimum Gasteiger partial charge on any atom is -1.00 e. The molecule has 0 N–H and O–H groups in total. The van der Waals surface area contributed by atoms with Crippen LogP contribution in [0.3, 0.4) is 0 Å². The number of methoxy groups -OCH3 is 2. The Hall–Kier alpha value is 11.0. The maximum absolute atomic E-state index is 12.4. The van der Waals surface area contributed by atoms with Crippen molar-refractivity contribution in [3.63, 3.8) is 0 Å². The van der Waals surface area contributed by atoms with E-state index in [4.69, 9.17) is 52.1 Å². The van der Waals surface area contributed by atoms with Crippen molar-refractivity contribution in [1.82, 2.24) is 0 Å². The van der Waals surface area contributed by atoms with Crippen molar-refractivity contribution >= 4 is 464 Å². The van der Waals surface area contributed by atoms with Crippen LogP contribution in [0.1, 0.15) is 0 Å². The van der Waals surface area contributed by atoms with Crippen molar-refractivity contribution in [1.29, 1.82) is 0 Å². The molecule has 31 nitrogen and oxygen atoms in total. The molecule has 8 rings (SSSR count). The Kier molecular flexibility index (Phi) is 222. The fourth-order valence-electron chi connectivity index (χ4n) is 5.69. The Morgan fingerprint density at radius 3 is 0.504 bits per heavy atom. The van der Waals surface area contributed by atoms with Gasteiger partial charge >= 0.3 is 377 Å². The van der Waals surface area contributed by atoms with E-state index in [1.807, 2.05) is 0 Å². The zero-order valence-electron chi connectivity index (χ0n) is 64.0. The minimum atomic E-state index is -5.68. The molecule has 8 aromatic rings. The molecule has 0 saturated carbocycles. The van der Waals surface area contributed by atoms with Crippen LogP contribution in [0.25, 0.3) is 0 Å². The van der Waals surface area contributed by atoms with Gasteiger partial charge in [0.2, 0.25) is 0 Å². The van der Waals surface area contributed by atoms with Crippen LogP contribution in [0.5, 0.6) is 28.7 Å². The molecule has 0 bridgehead atoms. The van der Waals surface area contributed by atoms with Crippen LogP contribution in [-0.4, -0.2) is 390 Å². The van der Waals surface area contributed by atoms with Gasteiger partial charge in [-0.1, -0.05) is 153 Å². The van der Waals surface area contributed by atoms with Gasteiger partial charge in [0, 0.05) is 21.2 Å². The number of halogens is 16. The summed E-state index contributed by atoms with van der Waals surface area (Å²) in [4.78, 5) is 158. The van der Waals surface area contributed by atoms with E-state index in [1.54, 1.807) is 170 Å². The number of phosphoric ester groups is 2. The Morgan fingerprint density at radius 2 is 0.366 bits per heavy atom. The molecule has 0 spiro atoms. The van der Waals surface area contributed by atoms with E-state index in [1.165, 1.54) is 74.9 Å². The molecule has 123 heavy (non-hydrogen) atoms. The first-order chi connectivity index (χ1) is 41.8. The number of hydrogen-bond donors (Lipinski definition) is 0. The monoisotopic (exact) mass is 2380 g/mol. The van der Waals surface area contributed by atoms with Crippen molar-refractivity contribution in [2.75, 3.05) is 20.9 Å². The first kappa shape index (κ1) is 228. The number of hydrogen-bond acceptors (Lipinski definition) is 31. The topological polar surface area (TPSA) is 578 Å². The number of para-hydroxylation sites is 3. The number of phosphoric acid groups is 5. The molecule has 0 aliphatic heterocycles. The van der Waals surface area contributed by atoms with Gasteiger partial charge in [-0.3, -0.25) is 0 Å². The minimum absolute atomic E-state index is 0. The fourth-order valence-corrected chi connectivity index (χ4v) is 11.2. The number of rotatable bonds is 15. The summed E-state index contributed by atoms with van der Waals surface area (Å²) in [6.07, 6.45) is 0. The SMILES string of the molecule is COc1ccc(P(=O)([O-])c2ccc(OC)cc2)cc1.CP(=O)([O-])[O-].O=P([O-])(Oc1ccccc1)Oc1ccccc1.O=P([O-])([O-])OP(=O)([O-])[O-].O=P([O-])([O-])Oc1ccccc1.O=P([O-])([O-])[O-].O=P([O-])([O-])c1ccccc1.O=P([O-])(c1ccccc1)c1ccccc1.[Cl-].[Cl-].[Cl-].[Cl-].[Cl-].[Cl-].[Cl-].[Cl-].[Cl-].[Cl-].[Cl-].[Cl-].[Cl-].[Cl-].[Cl-].[Cl-].[Mg+2].[Mg+2].[Mg+2].[Mg+2].[Mg+2].[Mg+2].[Mg+2].[Mg+2].[Mg+2].[Mg+2].[Mg+2].[Mg+2].[Mg+2].[Mg+2].[Mg+2].[Mg+2]. The van der Waals surface area contributed by atoms with Crippen LogP contribution < -0.4 is 326 Å². The number of ether oxygens (including phenoxy) is 2. The smallest absolute Gasteiger partial charge is 1.00 e. The second kappa shape index (κ2) is 120. The summed E-state index contributed by atoms with van der Waals surface area (Å²) in [7, 11) is -39.1. The van der Waals surface area contributed by atoms with Crippen LogP contribution in [0.15, 0.2) is 231 Å². The molecule has 0 aliphatic carbocycles. The fraction of sp³-hybridized carbons (Fsp3) is 0.0588. The summed E-state index contributed by atoms with van der Waals surface area (Å²) in [5.41, 5.74) is 0. The van der Waals surface area contributed by atoms with Crippen molar-refractivity contribution in [3.8, 4) is 28.7 Å². The largest absolute Gasteiger partial charge is 2.00 e. The van der Waals surface area contributed by atoms with Crippen LogP contribution in [0.4, 0.5) is 0 Å². The zero-order chi connectivity index (χ0) is 69.4. The summed E-state index contributed by atoms with van der Waals surface area (Å²) in [6.45, 7) is 0.632. The van der Waals surface area contributed by atoms with E-state index in [9.17, 15) is 85.8 Å². The number of benzene rings is 8. The standard InChI is InChI=1S/C14H15O4P.C12H11O4P.C12H11O2P.C6H7O4P.C6H7O3P.CH5O3P.16ClH.16Mg.H4O7P2.H3O4P/c1-17-11-3-7-13(8-4-11)19(15,16)14-9-5-12(18-2)6-10-14;13-17(14,15-11-7-3-1-4-8-11)16-12-9-5-2-6-10-12;13-15(14,11-7-3-1-4-8-11)12-9-5-2-6-10-12;7-11(8,9)10-6-4-2-1-3-5-6;7-10(8,9)6-4-2-1-3-5-6;1-5(2,3)4;;;;;;;;;;;;;;;;;;;;;;;;;;;;;;;;;1-8(2,3)7-9(4,5)6;1-5(2,3)4/h3-10H,1-2H3,(H,15,16);1-10H,(H,13,14);1-10H,(H,13,14);1-5H,(H2,7,8,9);1-5H,(H2,7,8,9);1H3,(H2,2,3,4);16*1H;;;;;;;;;;;;;;;;;(H2,1,2,3)(H2,4,5,6);(H3,1,2,3,4)/q;;;;;;;;;;;;;;;;;;;;;;16*+2;;/p-32. The Labute approximate surface area is 1070 Å². The molecule has 72 heteroatoms. The summed E-state index contributed by atoms with van der Waals surface area (Å²) in [5.74, 6) is 1.74. The van der Waals surface area contributed by atoms with Gasteiger partial charge in [-0.05, 0) is 104 Å². The van der Waals surface area contributed by atoms with Crippen molar-refractivity contribution < 1.29 is 345 Å². The molecular weight excluding hydrogens is 2340 g/mol. The van der Waals surface area contributed by atoms with Gasteiger partial charge in [-0.15, -0.1) is 0 Å². The maximum atomic E-state index is 12.4. The van der Waals surface area contributed by atoms with E-state index in [2.05, 4.69) is 8.83 Å². The van der Waals surface area contributed by atoms with Gasteiger partial charge in [-0.2, -0.15) is 7.82 Å². The third-order valence-corrected chi connectivity index (χ3v) is 16.9. The molecule has 626 valence electrons. The summed E-state index contributed by atoms with van der Waals surface area (Å²) in [6, 6.07) is 60.9. The molecule has 0 heterocycles. The van der Waals surface area contributed by atoms with Crippen molar-refractivity contribution in [3.05, 3.63) is 231 Å².